The van der Waals surface area contributed by atoms with Gasteiger partial charge in [0.2, 0.25) is 17.7 Å². The molecule has 0 aromatic carbocycles. The van der Waals surface area contributed by atoms with Gasteiger partial charge in [0.25, 0.3) is 0 Å². The van der Waals surface area contributed by atoms with E-state index in [-0.39, 0.29) is 37.1 Å². The van der Waals surface area contributed by atoms with E-state index in [9.17, 15) is 14.4 Å². The molecular formula is C17H16N4O3. The number of aromatic nitrogens is 2. The average Bonchev–Trinajstić information content (AvgIpc) is 2.91. The van der Waals surface area contributed by atoms with Gasteiger partial charge in [-0.25, -0.2) is 9.97 Å². The fraction of sp³-hybridized carbons (Fsp3) is 0.353. The Kier molecular flexibility index (Phi) is 3.48. The fourth-order valence-corrected chi connectivity index (χ4v) is 3.21. The predicted molar refractivity (Wildman–Crippen MR) is 84.6 cm³/mol. The highest BCUT2D eigenvalue weighted by molar-refractivity contribution is 6.04. The highest BCUT2D eigenvalue weighted by atomic mass is 16.2. The van der Waals surface area contributed by atoms with E-state index < -0.39 is 0 Å². The van der Waals surface area contributed by atoms with Crippen LogP contribution < -0.4 is 0 Å². The highest BCUT2D eigenvalue weighted by Gasteiger charge is 2.32. The first-order valence-electron chi connectivity index (χ1n) is 7.96. The van der Waals surface area contributed by atoms with Crippen molar-refractivity contribution in [3.63, 3.8) is 0 Å². The van der Waals surface area contributed by atoms with Crippen LogP contribution in [-0.2, 0) is 27.3 Å². The van der Waals surface area contributed by atoms with Gasteiger partial charge < -0.3 is 4.90 Å². The van der Waals surface area contributed by atoms with Crippen molar-refractivity contribution < 1.29 is 14.4 Å². The van der Waals surface area contributed by atoms with E-state index in [0.717, 1.165) is 21.5 Å². The molecule has 3 amide bonds. The van der Waals surface area contributed by atoms with Crippen molar-refractivity contribution in [1.82, 2.24) is 19.8 Å². The third kappa shape index (κ3) is 2.51. The number of nitrogens with zero attached hydrogens (tertiary/aromatic N) is 4. The molecule has 0 saturated carbocycles. The molecule has 2 aromatic heterocycles. The van der Waals surface area contributed by atoms with Gasteiger partial charge in [-0.2, -0.15) is 0 Å². The Morgan fingerprint density at radius 2 is 1.96 bits per heavy atom. The van der Waals surface area contributed by atoms with E-state index in [1.165, 1.54) is 0 Å². The topological polar surface area (TPSA) is 83.5 Å². The lowest BCUT2D eigenvalue weighted by molar-refractivity contribution is -0.145. The number of hydrogen-bond acceptors (Lipinski definition) is 5. The minimum atomic E-state index is -0.260. The Morgan fingerprint density at radius 3 is 2.75 bits per heavy atom. The summed E-state index contributed by atoms with van der Waals surface area (Å²) < 4.78 is 0. The summed E-state index contributed by atoms with van der Waals surface area (Å²) in [7, 11) is 0. The highest BCUT2D eigenvalue weighted by Crippen LogP contribution is 2.22. The Bertz CT molecular complexity index is 848. The Hall–Kier alpha value is -2.83. The van der Waals surface area contributed by atoms with Gasteiger partial charge in [0.05, 0.1) is 0 Å². The molecule has 0 spiro atoms. The van der Waals surface area contributed by atoms with Crippen molar-refractivity contribution in [3.05, 3.63) is 35.7 Å². The van der Waals surface area contributed by atoms with Gasteiger partial charge in [0.15, 0.2) is 5.65 Å². The molecule has 2 aliphatic rings. The van der Waals surface area contributed by atoms with Crippen molar-refractivity contribution in [2.45, 2.75) is 25.8 Å². The molecule has 4 rings (SSSR count). The number of amides is 3. The number of fused-ring (bicyclic) bond motifs is 2. The molecule has 0 N–H and O–H groups in total. The molecule has 0 atom stereocenters. The molecule has 0 bridgehead atoms. The zero-order chi connectivity index (χ0) is 16.7. The SMILES string of the molecule is O=C(CN1C(=O)CCC1=O)N1CCc2nc3ncccc3cc2C1. The van der Waals surface area contributed by atoms with Crippen molar-refractivity contribution in [1.29, 1.82) is 0 Å². The molecule has 2 aromatic rings. The van der Waals surface area contributed by atoms with Gasteiger partial charge in [-0.3, -0.25) is 19.3 Å². The molecule has 7 heteroatoms. The van der Waals surface area contributed by atoms with E-state index in [4.69, 9.17) is 0 Å². The first kappa shape index (κ1) is 14.7. The van der Waals surface area contributed by atoms with Crippen LogP contribution >= 0.6 is 0 Å². The van der Waals surface area contributed by atoms with Gasteiger partial charge in [-0.05, 0) is 23.8 Å². The third-order valence-electron chi connectivity index (χ3n) is 4.54. The summed E-state index contributed by atoms with van der Waals surface area (Å²) in [5.41, 5.74) is 2.66. The first-order chi connectivity index (χ1) is 11.6. The molecule has 1 saturated heterocycles. The second-order valence-electron chi connectivity index (χ2n) is 6.08. The Balaban J connectivity index is 1.53. The van der Waals surface area contributed by atoms with Crippen LogP contribution in [0.4, 0.5) is 0 Å². The Morgan fingerprint density at radius 1 is 1.17 bits per heavy atom. The summed E-state index contributed by atoms with van der Waals surface area (Å²) in [6.07, 6.45) is 2.77. The smallest absolute Gasteiger partial charge is 0.243 e. The van der Waals surface area contributed by atoms with Gasteiger partial charge >= 0.3 is 0 Å². The molecule has 0 aliphatic carbocycles. The minimum Gasteiger partial charge on any atom is -0.336 e. The maximum Gasteiger partial charge on any atom is 0.243 e. The van der Waals surface area contributed by atoms with Gasteiger partial charge in [-0.1, -0.05) is 0 Å². The zero-order valence-electron chi connectivity index (χ0n) is 13.1. The first-order valence-corrected chi connectivity index (χ1v) is 7.96. The molecule has 0 radical (unpaired) electrons. The lowest BCUT2D eigenvalue weighted by Gasteiger charge is -2.29. The van der Waals surface area contributed by atoms with E-state index >= 15 is 0 Å². The van der Waals surface area contributed by atoms with Crippen molar-refractivity contribution >= 4 is 28.8 Å². The number of hydrogen-bond donors (Lipinski definition) is 0. The lowest BCUT2D eigenvalue weighted by atomic mass is 10.0. The molecular weight excluding hydrogens is 308 g/mol. The summed E-state index contributed by atoms with van der Waals surface area (Å²) in [4.78, 5) is 47.4. The van der Waals surface area contributed by atoms with Crippen LogP contribution in [0, 0.1) is 0 Å². The van der Waals surface area contributed by atoms with E-state index in [0.29, 0.717) is 25.2 Å². The summed E-state index contributed by atoms with van der Waals surface area (Å²) in [5.74, 6) is -0.718. The molecule has 0 unspecified atom stereocenters. The molecule has 1 fully saturated rings. The monoisotopic (exact) mass is 324 g/mol. The molecule has 24 heavy (non-hydrogen) atoms. The number of pyridine rings is 2. The van der Waals surface area contributed by atoms with Crippen molar-refractivity contribution in [2.24, 2.45) is 0 Å². The van der Waals surface area contributed by atoms with Crippen molar-refractivity contribution in [2.75, 3.05) is 13.1 Å². The quantitative estimate of drug-likeness (QED) is 0.758. The maximum atomic E-state index is 12.5. The number of carbonyl (C=O) groups excluding carboxylic acids is 3. The summed E-state index contributed by atoms with van der Waals surface area (Å²) in [6.45, 7) is 0.825. The van der Waals surface area contributed by atoms with Crippen LogP contribution in [0.25, 0.3) is 11.0 Å². The van der Waals surface area contributed by atoms with Crippen LogP contribution in [0.15, 0.2) is 24.4 Å². The predicted octanol–water partition coefficient (Wildman–Crippen LogP) is 0.663. The second kappa shape index (κ2) is 5.67. The summed E-state index contributed by atoms with van der Waals surface area (Å²) in [5, 5.41) is 0.940. The standard InChI is InChI=1S/C17H16N4O3/c22-14-3-4-15(23)21(14)10-16(24)20-7-5-13-12(9-20)8-11-2-1-6-18-17(11)19-13/h1-2,6,8H,3-5,7,9-10H2. The zero-order valence-corrected chi connectivity index (χ0v) is 13.1. The van der Waals surface area contributed by atoms with Crippen LogP contribution in [0.3, 0.4) is 0 Å². The van der Waals surface area contributed by atoms with Gasteiger partial charge in [0.1, 0.15) is 6.54 Å². The van der Waals surface area contributed by atoms with Crippen LogP contribution in [0.2, 0.25) is 0 Å². The minimum absolute atomic E-state index is 0.157. The van der Waals surface area contributed by atoms with Crippen molar-refractivity contribution in [3.8, 4) is 0 Å². The number of likely N-dealkylation sites (tertiary alicyclic amines) is 1. The Labute approximate surface area is 138 Å². The van der Waals surface area contributed by atoms with Gasteiger partial charge in [-0.15, -0.1) is 0 Å². The van der Waals surface area contributed by atoms with Crippen LogP contribution in [-0.4, -0.2) is 50.6 Å². The van der Waals surface area contributed by atoms with E-state index in [1.54, 1.807) is 11.1 Å². The lowest BCUT2D eigenvalue weighted by Crippen LogP contribution is -2.44. The van der Waals surface area contributed by atoms with E-state index in [2.05, 4.69) is 9.97 Å². The second-order valence-corrected chi connectivity index (χ2v) is 6.08. The molecule has 7 nitrogen and oxygen atoms in total. The fourth-order valence-electron chi connectivity index (χ4n) is 3.21. The normalized spacial score (nSPS) is 17.5. The number of rotatable bonds is 2. The van der Waals surface area contributed by atoms with Crippen LogP contribution in [0.1, 0.15) is 24.1 Å². The largest absolute Gasteiger partial charge is 0.336 e. The number of carbonyl (C=O) groups is 3. The molecule has 2 aliphatic heterocycles. The summed E-state index contributed by atoms with van der Waals surface area (Å²) in [6, 6.07) is 5.81. The number of imide groups is 1. The summed E-state index contributed by atoms with van der Waals surface area (Å²) >= 11 is 0. The maximum absolute atomic E-state index is 12.5. The van der Waals surface area contributed by atoms with E-state index in [1.807, 2.05) is 18.2 Å². The third-order valence-corrected chi connectivity index (χ3v) is 4.54. The molecule has 4 heterocycles. The van der Waals surface area contributed by atoms with Crippen LogP contribution in [0.5, 0.6) is 0 Å². The average molecular weight is 324 g/mol. The molecule has 122 valence electrons. The van der Waals surface area contributed by atoms with Gasteiger partial charge in [0, 0.05) is 49.6 Å².